The molecular formula is C22H40N2O2. The standard InChI is InChI=1S/C22H40N2O2/c1-4-26-22(21(23(2)3)18-8-6-5-7-9-18)19-10-12-20(13-11-19)24-14-16-25-17-15-24/h18-20H,4-17H2,1-3H3/b22-21-. The molecule has 0 bridgehead atoms. The Morgan fingerprint density at radius 2 is 1.58 bits per heavy atom. The molecule has 3 aliphatic rings. The van der Waals surface area contributed by atoms with Crippen molar-refractivity contribution in [1.82, 2.24) is 9.80 Å². The first-order chi connectivity index (χ1) is 12.7. The number of morpholine rings is 1. The van der Waals surface area contributed by atoms with E-state index in [4.69, 9.17) is 9.47 Å². The van der Waals surface area contributed by atoms with E-state index in [2.05, 4.69) is 30.8 Å². The van der Waals surface area contributed by atoms with Crippen molar-refractivity contribution in [2.24, 2.45) is 11.8 Å². The van der Waals surface area contributed by atoms with Crippen LogP contribution in [0, 0.1) is 11.8 Å². The molecule has 2 aliphatic carbocycles. The van der Waals surface area contributed by atoms with E-state index in [1.165, 1.54) is 69.2 Å². The van der Waals surface area contributed by atoms with Gasteiger partial charge in [-0.05, 0) is 45.4 Å². The number of ether oxygens (including phenoxy) is 2. The van der Waals surface area contributed by atoms with Gasteiger partial charge in [-0.15, -0.1) is 0 Å². The van der Waals surface area contributed by atoms with E-state index < -0.39 is 0 Å². The molecule has 0 aromatic rings. The fourth-order valence-corrected chi connectivity index (χ4v) is 5.36. The fourth-order valence-electron chi connectivity index (χ4n) is 5.36. The first-order valence-electron chi connectivity index (χ1n) is 11.1. The van der Waals surface area contributed by atoms with Crippen LogP contribution in [-0.2, 0) is 9.47 Å². The lowest BCUT2D eigenvalue weighted by molar-refractivity contribution is 0.00354. The average molecular weight is 365 g/mol. The van der Waals surface area contributed by atoms with E-state index in [1.807, 2.05) is 0 Å². The van der Waals surface area contributed by atoms with Gasteiger partial charge < -0.3 is 14.4 Å². The third-order valence-electron chi connectivity index (χ3n) is 6.66. The number of hydrogen-bond acceptors (Lipinski definition) is 4. The van der Waals surface area contributed by atoms with E-state index in [9.17, 15) is 0 Å². The van der Waals surface area contributed by atoms with E-state index in [0.29, 0.717) is 11.8 Å². The first kappa shape index (κ1) is 20.0. The van der Waals surface area contributed by atoms with Crippen molar-refractivity contribution in [2.45, 2.75) is 70.8 Å². The van der Waals surface area contributed by atoms with Gasteiger partial charge >= 0.3 is 0 Å². The van der Waals surface area contributed by atoms with Crippen LogP contribution in [0.1, 0.15) is 64.7 Å². The molecule has 0 aromatic carbocycles. The lowest BCUT2D eigenvalue weighted by Crippen LogP contribution is -2.45. The monoisotopic (exact) mass is 364 g/mol. The van der Waals surface area contributed by atoms with E-state index in [-0.39, 0.29) is 0 Å². The van der Waals surface area contributed by atoms with Gasteiger partial charge in [-0.25, -0.2) is 0 Å². The molecule has 150 valence electrons. The summed E-state index contributed by atoms with van der Waals surface area (Å²) in [5, 5.41) is 0. The molecule has 0 aromatic heterocycles. The molecule has 0 amide bonds. The highest BCUT2D eigenvalue weighted by molar-refractivity contribution is 5.15. The number of rotatable bonds is 6. The zero-order valence-corrected chi connectivity index (χ0v) is 17.3. The second kappa shape index (κ2) is 9.98. The van der Waals surface area contributed by atoms with Gasteiger partial charge in [0.2, 0.25) is 0 Å². The van der Waals surface area contributed by atoms with Crippen LogP contribution in [-0.4, -0.2) is 62.8 Å². The molecule has 1 heterocycles. The lowest BCUT2D eigenvalue weighted by Gasteiger charge is -2.40. The van der Waals surface area contributed by atoms with Crippen molar-refractivity contribution in [3.63, 3.8) is 0 Å². The van der Waals surface area contributed by atoms with Gasteiger partial charge in [0.25, 0.3) is 0 Å². The summed E-state index contributed by atoms with van der Waals surface area (Å²) < 4.78 is 11.9. The number of hydrogen-bond donors (Lipinski definition) is 0. The maximum atomic E-state index is 6.34. The fraction of sp³-hybridized carbons (Fsp3) is 0.909. The van der Waals surface area contributed by atoms with Gasteiger partial charge in [0.05, 0.1) is 25.5 Å². The molecule has 0 atom stereocenters. The highest BCUT2D eigenvalue weighted by atomic mass is 16.5. The van der Waals surface area contributed by atoms with Crippen LogP contribution in [0.3, 0.4) is 0 Å². The zero-order chi connectivity index (χ0) is 18.4. The molecule has 1 aliphatic heterocycles. The molecular weight excluding hydrogens is 324 g/mol. The molecule has 0 N–H and O–H groups in total. The summed E-state index contributed by atoms with van der Waals surface area (Å²) in [5.41, 5.74) is 1.52. The Hall–Kier alpha value is -0.740. The SMILES string of the molecule is CCO/C(=C(/C1CCCCC1)N(C)C)C1CCC(N2CCOCC2)CC1. The Labute approximate surface area is 160 Å². The van der Waals surface area contributed by atoms with Gasteiger partial charge in [-0.1, -0.05) is 19.3 Å². The molecule has 3 rings (SSSR count). The van der Waals surface area contributed by atoms with Crippen molar-refractivity contribution in [3.05, 3.63) is 11.5 Å². The third-order valence-corrected chi connectivity index (χ3v) is 6.66. The topological polar surface area (TPSA) is 24.9 Å². The Morgan fingerprint density at radius 3 is 2.15 bits per heavy atom. The van der Waals surface area contributed by atoms with Gasteiger partial charge in [0, 0.05) is 45.1 Å². The average Bonchev–Trinajstić information content (AvgIpc) is 2.69. The molecule has 0 unspecified atom stereocenters. The van der Waals surface area contributed by atoms with E-state index >= 15 is 0 Å². The maximum absolute atomic E-state index is 6.34. The van der Waals surface area contributed by atoms with Crippen LogP contribution >= 0.6 is 0 Å². The summed E-state index contributed by atoms with van der Waals surface area (Å²) in [5.74, 6) is 2.66. The molecule has 0 radical (unpaired) electrons. The Kier molecular flexibility index (Phi) is 7.68. The maximum Gasteiger partial charge on any atom is 0.118 e. The Bertz CT molecular complexity index is 443. The van der Waals surface area contributed by atoms with Crippen LogP contribution < -0.4 is 0 Å². The largest absolute Gasteiger partial charge is 0.496 e. The zero-order valence-electron chi connectivity index (χ0n) is 17.3. The summed E-state index contributed by atoms with van der Waals surface area (Å²) in [6.45, 7) is 7.01. The van der Waals surface area contributed by atoms with Crippen LogP contribution in [0.5, 0.6) is 0 Å². The van der Waals surface area contributed by atoms with Gasteiger partial charge in [0.15, 0.2) is 0 Å². The summed E-state index contributed by atoms with van der Waals surface area (Å²) in [6, 6.07) is 0.760. The number of allylic oxidation sites excluding steroid dienone is 2. The first-order valence-corrected chi connectivity index (χ1v) is 11.1. The second-order valence-corrected chi connectivity index (χ2v) is 8.57. The minimum Gasteiger partial charge on any atom is -0.496 e. The van der Waals surface area contributed by atoms with E-state index in [0.717, 1.165) is 39.0 Å². The van der Waals surface area contributed by atoms with Gasteiger partial charge in [-0.2, -0.15) is 0 Å². The highest BCUT2D eigenvalue weighted by Gasteiger charge is 2.33. The number of nitrogens with zero attached hydrogens (tertiary/aromatic N) is 2. The summed E-state index contributed by atoms with van der Waals surface area (Å²) >= 11 is 0. The molecule has 4 heteroatoms. The van der Waals surface area contributed by atoms with Crippen LogP contribution in [0.15, 0.2) is 11.5 Å². The summed E-state index contributed by atoms with van der Waals surface area (Å²) in [7, 11) is 4.45. The Morgan fingerprint density at radius 1 is 0.923 bits per heavy atom. The van der Waals surface area contributed by atoms with Crippen LogP contribution in [0.25, 0.3) is 0 Å². The van der Waals surface area contributed by atoms with Crippen molar-refractivity contribution in [1.29, 1.82) is 0 Å². The minimum absolute atomic E-state index is 0.617. The molecule has 26 heavy (non-hydrogen) atoms. The summed E-state index contributed by atoms with van der Waals surface area (Å²) in [4.78, 5) is 5.03. The molecule has 0 spiro atoms. The summed E-state index contributed by atoms with van der Waals surface area (Å²) in [6.07, 6.45) is 12.0. The molecule has 2 saturated carbocycles. The minimum atomic E-state index is 0.617. The van der Waals surface area contributed by atoms with Gasteiger partial charge in [-0.3, -0.25) is 4.90 Å². The van der Waals surface area contributed by atoms with Gasteiger partial charge in [0.1, 0.15) is 5.76 Å². The van der Waals surface area contributed by atoms with Crippen molar-refractivity contribution < 1.29 is 9.47 Å². The third kappa shape index (κ3) is 4.95. The molecule has 1 saturated heterocycles. The normalized spacial score (nSPS) is 30.0. The van der Waals surface area contributed by atoms with Crippen LogP contribution in [0.2, 0.25) is 0 Å². The molecule has 3 fully saturated rings. The van der Waals surface area contributed by atoms with Crippen LogP contribution in [0.4, 0.5) is 0 Å². The predicted octanol–water partition coefficient (Wildman–Crippen LogP) is 4.27. The lowest BCUT2D eigenvalue weighted by atomic mass is 9.80. The predicted molar refractivity (Wildman–Crippen MR) is 107 cm³/mol. The smallest absolute Gasteiger partial charge is 0.118 e. The molecule has 4 nitrogen and oxygen atoms in total. The second-order valence-electron chi connectivity index (χ2n) is 8.57. The quantitative estimate of drug-likeness (QED) is 0.657. The van der Waals surface area contributed by atoms with Crippen molar-refractivity contribution >= 4 is 0 Å². The highest BCUT2D eigenvalue weighted by Crippen LogP contribution is 2.39. The van der Waals surface area contributed by atoms with Crippen molar-refractivity contribution in [2.75, 3.05) is 47.0 Å². The Balaban J connectivity index is 1.70. The van der Waals surface area contributed by atoms with E-state index in [1.54, 1.807) is 0 Å². The van der Waals surface area contributed by atoms with Crippen molar-refractivity contribution in [3.8, 4) is 0 Å².